The van der Waals surface area contributed by atoms with Gasteiger partial charge in [0.2, 0.25) is 0 Å². The number of alkyl carbamates (subject to hydrolysis) is 1. The normalized spacial score (nSPS) is 16.6. The first kappa shape index (κ1) is 26.3. The Hall–Kier alpha value is -3.30. The van der Waals surface area contributed by atoms with Gasteiger partial charge < -0.3 is 29.8 Å². The fourth-order valence-corrected chi connectivity index (χ4v) is 3.41. The summed E-state index contributed by atoms with van der Waals surface area (Å²) in [5.74, 6) is -0.500. The first-order valence-electron chi connectivity index (χ1n) is 11.6. The maximum atomic E-state index is 12.4. The lowest BCUT2D eigenvalue weighted by Gasteiger charge is -2.32. The third-order valence-corrected chi connectivity index (χ3v) is 6.13. The number of benzene rings is 2. The number of rotatable bonds is 8. The highest BCUT2D eigenvalue weighted by Crippen LogP contribution is 2.38. The number of anilines is 1. The molecular weight excluding hydrogens is 447 g/mol. The Balaban J connectivity index is 1.81. The van der Waals surface area contributed by atoms with Gasteiger partial charge in [0, 0.05) is 12.2 Å². The summed E-state index contributed by atoms with van der Waals surface area (Å²) in [7, 11) is -0.710. The Kier molecular flexibility index (Phi) is 8.24. The van der Waals surface area contributed by atoms with E-state index in [1.807, 2.05) is 64.1 Å². The van der Waals surface area contributed by atoms with Crippen LogP contribution in [0.5, 0.6) is 0 Å². The molecule has 1 fully saturated rings. The zero-order valence-corrected chi connectivity index (χ0v) is 20.9. The summed E-state index contributed by atoms with van der Waals surface area (Å²) in [6, 6.07) is 14.5. The van der Waals surface area contributed by atoms with Gasteiger partial charge in [0.25, 0.3) is 0 Å². The van der Waals surface area contributed by atoms with Crippen LogP contribution in [-0.2, 0) is 25.4 Å². The molecule has 0 saturated carbocycles. The number of ether oxygens (including phenoxy) is 2. The van der Waals surface area contributed by atoms with Crippen LogP contribution in [0.4, 0.5) is 10.5 Å². The molecule has 0 aliphatic carbocycles. The summed E-state index contributed by atoms with van der Waals surface area (Å²) in [5.41, 5.74) is 7.66. The molecule has 0 atom stereocenters. The number of nitrogen functional groups attached to an aromatic ring is 1. The van der Waals surface area contributed by atoms with Crippen molar-refractivity contribution in [1.82, 2.24) is 5.32 Å². The molecule has 9 heteroatoms. The minimum atomic E-state index is -0.710. The fourth-order valence-electron chi connectivity index (χ4n) is 3.41. The molecule has 35 heavy (non-hydrogen) atoms. The number of hydrogen-bond donors (Lipinski definition) is 2. The Labute approximate surface area is 206 Å². The van der Waals surface area contributed by atoms with Gasteiger partial charge in [-0.1, -0.05) is 42.5 Å². The zero-order valence-electron chi connectivity index (χ0n) is 20.9. The van der Waals surface area contributed by atoms with E-state index >= 15 is 0 Å². The molecule has 1 heterocycles. The molecule has 8 nitrogen and oxygen atoms in total. The molecule has 0 spiro atoms. The number of amides is 1. The maximum absolute atomic E-state index is 12.4. The van der Waals surface area contributed by atoms with Crippen LogP contribution in [0, 0.1) is 0 Å². The van der Waals surface area contributed by atoms with E-state index in [9.17, 15) is 9.59 Å². The van der Waals surface area contributed by atoms with Crippen LogP contribution in [0.1, 0.15) is 56.1 Å². The monoisotopic (exact) mass is 480 g/mol. The Morgan fingerprint density at radius 3 is 2.31 bits per heavy atom. The van der Waals surface area contributed by atoms with Crippen LogP contribution < -0.4 is 11.1 Å². The van der Waals surface area contributed by atoms with Crippen LogP contribution in [0.25, 0.3) is 6.08 Å². The van der Waals surface area contributed by atoms with E-state index in [0.29, 0.717) is 16.7 Å². The lowest BCUT2D eigenvalue weighted by atomic mass is 9.77. The van der Waals surface area contributed by atoms with E-state index in [-0.39, 0.29) is 25.3 Å². The quantitative estimate of drug-likeness (QED) is 0.328. The van der Waals surface area contributed by atoms with E-state index in [4.69, 9.17) is 24.5 Å². The van der Waals surface area contributed by atoms with E-state index in [0.717, 1.165) is 5.56 Å². The molecule has 2 aromatic rings. The zero-order chi connectivity index (χ0) is 25.6. The Morgan fingerprint density at radius 1 is 1.03 bits per heavy atom. The van der Waals surface area contributed by atoms with Gasteiger partial charge in [0.1, 0.15) is 6.61 Å². The molecule has 0 radical (unpaired) electrons. The second kappa shape index (κ2) is 11.0. The van der Waals surface area contributed by atoms with Gasteiger partial charge >= 0.3 is 19.2 Å². The van der Waals surface area contributed by atoms with Gasteiger partial charge in [-0.25, -0.2) is 9.59 Å². The molecular formula is C26H33BN2O6. The first-order valence-corrected chi connectivity index (χ1v) is 11.6. The van der Waals surface area contributed by atoms with Crippen LogP contribution in [-0.4, -0.2) is 43.5 Å². The van der Waals surface area contributed by atoms with E-state index in [2.05, 4.69) is 5.32 Å². The van der Waals surface area contributed by atoms with E-state index in [1.54, 1.807) is 25.1 Å². The summed E-state index contributed by atoms with van der Waals surface area (Å²) in [4.78, 5) is 24.7. The highest BCUT2D eigenvalue weighted by atomic mass is 16.7. The van der Waals surface area contributed by atoms with E-state index < -0.39 is 30.4 Å². The van der Waals surface area contributed by atoms with Crippen LogP contribution in [0.3, 0.4) is 0 Å². The largest absolute Gasteiger partial charge is 0.492 e. The summed E-state index contributed by atoms with van der Waals surface area (Å²) in [6.07, 6.45) is 1.24. The molecule has 1 aliphatic heterocycles. The van der Waals surface area contributed by atoms with Gasteiger partial charge in [-0.2, -0.15) is 0 Å². The number of esters is 1. The van der Waals surface area contributed by atoms with Gasteiger partial charge in [-0.3, -0.25) is 0 Å². The minimum Gasteiger partial charge on any atom is -0.462 e. The third kappa shape index (κ3) is 6.64. The van der Waals surface area contributed by atoms with Crippen molar-refractivity contribution < 1.29 is 28.4 Å². The highest BCUT2D eigenvalue weighted by molar-refractivity contribution is 6.56. The van der Waals surface area contributed by atoms with Crippen molar-refractivity contribution in [3.8, 4) is 0 Å². The van der Waals surface area contributed by atoms with Gasteiger partial charge in [-0.05, 0) is 63.4 Å². The maximum Gasteiger partial charge on any atom is 0.492 e. The number of hydrogen-bond acceptors (Lipinski definition) is 7. The Bertz CT molecular complexity index is 1070. The SMILES string of the molecule is CCOC(=O)c1cc(C=C(CNC(=O)OCc2ccccc2)B2OC(C)(C)C(C)(C)O2)ccc1N. The van der Waals surface area contributed by atoms with Crippen molar-refractivity contribution in [2.45, 2.75) is 52.4 Å². The molecule has 3 N–H and O–H groups in total. The molecule has 3 rings (SSSR count). The molecule has 2 aromatic carbocycles. The van der Waals surface area contributed by atoms with Crippen molar-refractivity contribution >= 4 is 30.9 Å². The molecule has 1 saturated heterocycles. The Morgan fingerprint density at radius 2 is 1.69 bits per heavy atom. The molecule has 0 bridgehead atoms. The molecule has 1 aliphatic rings. The summed E-state index contributed by atoms with van der Waals surface area (Å²) < 4.78 is 22.8. The molecule has 1 amide bonds. The number of nitrogens with one attached hydrogen (secondary N) is 1. The molecule has 0 aromatic heterocycles. The van der Waals surface area contributed by atoms with Crippen molar-refractivity contribution in [3.63, 3.8) is 0 Å². The summed E-state index contributed by atoms with van der Waals surface area (Å²) in [6.45, 7) is 10.1. The predicted molar refractivity (Wildman–Crippen MR) is 135 cm³/mol. The standard InChI is InChI=1S/C26H33BN2O6/c1-6-32-23(30)21-15-19(12-13-22(21)28)14-20(27-34-25(2,3)26(4,5)35-27)16-29-24(31)33-17-18-10-8-7-9-11-18/h7-15H,6,16-17,28H2,1-5H3,(H,29,31). The molecule has 186 valence electrons. The average Bonchev–Trinajstić information content (AvgIpc) is 3.03. The first-order chi connectivity index (χ1) is 16.5. The van der Waals surface area contributed by atoms with Crippen molar-refractivity contribution in [3.05, 3.63) is 70.7 Å². The van der Waals surface area contributed by atoms with Gasteiger partial charge in [-0.15, -0.1) is 0 Å². The van der Waals surface area contributed by atoms with Crippen LogP contribution in [0.15, 0.2) is 54.0 Å². The minimum absolute atomic E-state index is 0.115. The smallest absolute Gasteiger partial charge is 0.462 e. The van der Waals surface area contributed by atoms with Crippen molar-refractivity contribution in [2.24, 2.45) is 0 Å². The lowest BCUT2D eigenvalue weighted by molar-refractivity contribution is 0.00578. The highest BCUT2D eigenvalue weighted by Gasteiger charge is 2.52. The average molecular weight is 480 g/mol. The molecule has 0 unspecified atom stereocenters. The van der Waals surface area contributed by atoms with Crippen molar-refractivity contribution in [1.29, 1.82) is 0 Å². The van der Waals surface area contributed by atoms with Crippen molar-refractivity contribution in [2.75, 3.05) is 18.9 Å². The predicted octanol–water partition coefficient (Wildman–Crippen LogP) is 4.39. The third-order valence-electron chi connectivity index (χ3n) is 6.13. The summed E-state index contributed by atoms with van der Waals surface area (Å²) in [5, 5.41) is 2.77. The van der Waals surface area contributed by atoms with E-state index in [1.165, 1.54) is 0 Å². The van der Waals surface area contributed by atoms with Crippen LogP contribution >= 0.6 is 0 Å². The number of carbonyl (C=O) groups is 2. The lowest BCUT2D eigenvalue weighted by Crippen LogP contribution is -2.41. The number of carbonyl (C=O) groups excluding carboxylic acids is 2. The second-order valence-electron chi connectivity index (χ2n) is 9.29. The number of nitrogens with two attached hydrogens (primary N) is 1. The van der Waals surface area contributed by atoms with Crippen LogP contribution in [0.2, 0.25) is 0 Å². The van der Waals surface area contributed by atoms with Gasteiger partial charge in [0.15, 0.2) is 0 Å². The van der Waals surface area contributed by atoms with Gasteiger partial charge in [0.05, 0.1) is 23.4 Å². The summed E-state index contributed by atoms with van der Waals surface area (Å²) >= 11 is 0. The topological polar surface area (TPSA) is 109 Å². The fraction of sp³-hybridized carbons (Fsp3) is 0.385. The second-order valence-corrected chi connectivity index (χ2v) is 9.29.